The quantitative estimate of drug-likeness (QED) is 0.290. The Morgan fingerprint density at radius 1 is 0.222 bits per heavy atom. The molecule has 108 valence electrons. The molecule has 0 radical (unpaired) electrons. The molecule has 6 heteroatoms. The minimum Gasteiger partial charge on any atom is -0.314 e. The van der Waals surface area contributed by atoms with Crippen molar-refractivity contribution in [2.45, 2.75) is 0 Å². The first-order valence-electron chi connectivity index (χ1n) is 7.24. The molecule has 0 aromatic carbocycles. The molecule has 0 amide bonds. The first-order chi connectivity index (χ1) is 9.00. The third-order valence-electron chi connectivity index (χ3n) is 2.87. The van der Waals surface area contributed by atoms with Gasteiger partial charge in [0.15, 0.2) is 0 Å². The van der Waals surface area contributed by atoms with Crippen LogP contribution in [0.3, 0.4) is 0 Å². The van der Waals surface area contributed by atoms with Crippen molar-refractivity contribution in [2.75, 3.05) is 78.5 Å². The number of rotatable bonds is 0. The van der Waals surface area contributed by atoms with Crippen LogP contribution in [0.5, 0.6) is 0 Å². The van der Waals surface area contributed by atoms with Gasteiger partial charge in [0.05, 0.1) is 0 Å². The third kappa shape index (κ3) is 10.9. The smallest absolute Gasteiger partial charge is 0.00772 e. The van der Waals surface area contributed by atoms with Crippen LogP contribution >= 0.6 is 0 Å². The molecule has 0 spiro atoms. The molecule has 0 saturated carbocycles. The number of nitrogens with one attached hydrogen (secondary N) is 6. The van der Waals surface area contributed by atoms with Crippen LogP contribution in [0, 0.1) is 0 Å². The van der Waals surface area contributed by atoms with Crippen molar-refractivity contribution in [3.8, 4) is 0 Å². The molecule has 0 aliphatic carbocycles. The number of hydrogen-bond acceptors (Lipinski definition) is 6. The van der Waals surface area contributed by atoms with Crippen molar-refractivity contribution >= 4 is 0 Å². The van der Waals surface area contributed by atoms with Crippen LogP contribution < -0.4 is 31.9 Å². The van der Waals surface area contributed by atoms with Gasteiger partial charge in [-0.1, -0.05) is 0 Å². The predicted molar refractivity (Wildman–Crippen MR) is 77.2 cm³/mol. The van der Waals surface area contributed by atoms with E-state index >= 15 is 0 Å². The van der Waals surface area contributed by atoms with Crippen molar-refractivity contribution in [3.63, 3.8) is 0 Å². The molecule has 2 aliphatic rings. The summed E-state index contributed by atoms with van der Waals surface area (Å²) < 4.78 is 0. The third-order valence-corrected chi connectivity index (χ3v) is 2.87. The molecule has 0 atom stereocenters. The molecule has 6 N–H and O–H groups in total. The highest BCUT2D eigenvalue weighted by Crippen LogP contribution is 1.66. The minimum atomic E-state index is 1.10. The van der Waals surface area contributed by atoms with E-state index in [0.29, 0.717) is 0 Å². The van der Waals surface area contributed by atoms with Gasteiger partial charge in [-0.05, 0) is 0 Å². The summed E-state index contributed by atoms with van der Waals surface area (Å²) in [6.07, 6.45) is 0. The largest absolute Gasteiger partial charge is 0.314 e. The Bertz CT molecular complexity index is 91.6. The molecule has 6 nitrogen and oxygen atoms in total. The first-order valence-corrected chi connectivity index (χ1v) is 7.24. The zero-order valence-corrected chi connectivity index (χ0v) is 11.5. The normalized spacial score (nSPS) is 24.0. The van der Waals surface area contributed by atoms with Gasteiger partial charge in [0.1, 0.15) is 0 Å². The highest BCUT2D eigenvalue weighted by atomic mass is 15.0. The molecular formula is C12H30N6. The number of hydrogen-bond donors (Lipinski definition) is 6. The summed E-state index contributed by atoms with van der Waals surface area (Å²) in [6.45, 7) is 13.2. The second-order valence-electron chi connectivity index (χ2n) is 4.50. The lowest BCUT2D eigenvalue weighted by atomic mass is 10.6. The monoisotopic (exact) mass is 258 g/mol. The molecule has 0 aromatic rings. The van der Waals surface area contributed by atoms with E-state index in [0.717, 1.165) is 78.5 Å². The Hall–Kier alpha value is -0.240. The first kappa shape index (κ1) is 15.8. The molecule has 2 heterocycles. The highest BCUT2D eigenvalue weighted by molar-refractivity contribution is 4.60. The van der Waals surface area contributed by atoms with E-state index in [1.165, 1.54) is 0 Å². The van der Waals surface area contributed by atoms with E-state index in [4.69, 9.17) is 0 Å². The Morgan fingerprint density at radius 3 is 0.444 bits per heavy atom. The van der Waals surface area contributed by atoms with Gasteiger partial charge in [-0.2, -0.15) is 0 Å². The van der Waals surface area contributed by atoms with Gasteiger partial charge >= 0.3 is 0 Å². The molecule has 18 heavy (non-hydrogen) atoms. The Morgan fingerprint density at radius 2 is 0.333 bits per heavy atom. The maximum absolute atomic E-state index is 3.30. The van der Waals surface area contributed by atoms with Crippen LogP contribution in [-0.2, 0) is 0 Å². The average Bonchev–Trinajstić information content (AvgIpc) is 2.65. The summed E-state index contributed by atoms with van der Waals surface area (Å²) in [5, 5.41) is 19.8. The van der Waals surface area contributed by atoms with Crippen LogP contribution in [-0.4, -0.2) is 78.5 Å². The molecule has 0 aromatic heterocycles. The van der Waals surface area contributed by atoms with Crippen molar-refractivity contribution in [1.29, 1.82) is 0 Å². The molecule has 2 rings (SSSR count). The maximum Gasteiger partial charge on any atom is 0.00772 e. The summed E-state index contributed by atoms with van der Waals surface area (Å²) in [6, 6.07) is 0. The highest BCUT2D eigenvalue weighted by Gasteiger charge is 1.92. The summed E-state index contributed by atoms with van der Waals surface area (Å²) in [4.78, 5) is 0. The fourth-order valence-electron chi connectivity index (χ4n) is 1.81. The Balaban J connectivity index is 0.000000180. The molecule has 2 aliphatic heterocycles. The topological polar surface area (TPSA) is 72.2 Å². The van der Waals surface area contributed by atoms with Crippen LogP contribution in [0.2, 0.25) is 0 Å². The van der Waals surface area contributed by atoms with E-state index in [-0.39, 0.29) is 0 Å². The van der Waals surface area contributed by atoms with Gasteiger partial charge in [-0.3, -0.25) is 0 Å². The van der Waals surface area contributed by atoms with Gasteiger partial charge < -0.3 is 31.9 Å². The van der Waals surface area contributed by atoms with Gasteiger partial charge in [-0.15, -0.1) is 0 Å². The zero-order valence-electron chi connectivity index (χ0n) is 11.5. The SMILES string of the molecule is C1CNCCNCCN1.C1CNCCNCCN1. The van der Waals surface area contributed by atoms with E-state index in [9.17, 15) is 0 Å². The lowest BCUT2D eigenvalue weighted by molar-refractivity contribution is 0.652. The molecule has 2 fully saturated rings. The van der Waals surface area contributed by atoms with Crippen molar-refractivity contribution in [2.24, 2.45) is 0 Å². The molecule has 0 bridgehead atoms. The van der Waals surface area contributed by atoms with Gasteiger partial charge in [0.2, 0.25) is 0 Å². The molecular weight excluding hydrogens is 228 g/mol. The van der Waals surface area contributed by atoms with Crippen LogP contribution in [0.4, 0.5) is 0 Å². The van der Waals surface area contributed by atoms with Gasteiger partial charge in [0, 0.05) is 78.5 Å². The summed E-state index contributed by atoms with van der Waals surface area (Å²) >= 11 is 0. The zero-order chi connectivity index (χ0) is 12.7. The van der Waals surface area contributed by atoms with Crippen LogP contribution in [0.15, 0.2) is 0 Å². The van der Waals surface area contributed by atoms with Crippen LogP contribution in [0.25, 0.3) is 0 Å². The van der Waals surface area contributed by atoms with Crippen molar-refractivity contribution in [1.82, 2.24) is 31.9 Å². The molecule has 2 saturated heterocycles. The fraction of sp³-hybridized carbons (Fsp3) is 1.00. The lowest BCUT2D eigenvalue weighted by Crippen LogP contribution is -2.27. The summed E-state index contributed by atoms with van der Waals surface area (Å²) in [7, 11) is 0. The van der Waals surface area contributed by atoms with E-state index < -0.39 is 0 Å². The summed E-state index contributed by atoms with van der Waals surface area (Å²) in [5.41, 5.74) is 0. The van der Waals surface area contributed by atoms with E-state index in [2.05, 4.69) is 31.9 Å². The van der Waals surface area contributed by atoms with Crippen LogP contribution in [0.1, 0.15) is 0 Å². The minimum absolute atomic E-state index is 1.10. The lowest BCUT2D eigenvalue weighted by Gasteiger charge is -1.99. The van der Waals surface area contributed by atoms with Crippen molar-refractivity contribution in [3.05, 3.63) is 0 Å². The van der Waals surface area contributed by atoms with E-state index in [1.807, 2.05) is 0 Å². The second-order valence-corrected chi connectivity index (χ2v) is 4.50. The summed E-state index contributed by atoms with van der Waals surface area (Å²) in [5.74, 6) is 0. The molecule has 0 unspecified atom stereocenters. The standard InChI is InChI=1S/2C6H15N3/c2*1-2-8-5-6-9-4-3-7-1/h2*7-9H,1-6H2. The van der Waals surface area contributed by atoms with E-state index in [1.54, 1.807) is 0 Å². The predicted octanol–water partition coefficient (Wildman–Crippen LogP) is -2.46. The van der Waals surface area contributed by atoms with Gasteiger partial charge in [0.25, 0.3) is 0 Å². The Labute approximate surface area is 111 Å². The fourth-order valence-corrected chi connectivity index (χ4v) is 1.81. The Kier molecular flexibility index (Phi) is 11.6. The van der Waals surface area contributed by atoms with Crippen molar-refractivity contribution < 1.29 is 0 Å². The maximum atomic E-state index is 3.30. The average molecular weight is 258 g/mol. The second kappa shape index (κ2) is 13.2. The van der Waals surface area contributed by atoms with Gasteiger partial charge in [-0.25, -0.2) is 0 Å².